The molecule has 0 saturated carbocycles. The fourth-order valence-corrected chi connectivity index (χ4v) is 0.784. The van der Waals surface area contributed by atoms with Crippen LogP contribution in [-0.2, 0) is 4.79 Å². The third-order valence-electron chi connectivity index (χ3n) is 1.39. The average Bonchev–Trinajstić information content (AvgIpc) is 2.12. The molecule has 0 spiro atoms. The molecule has 0 bridgehead atoms. The minimum Gasteiger partial charge on any atom is -0.389 e. The van der Waals surface area contributed by atoms with Crippen LogP contribution < -0.4 is 0 Å². The third kappa shape index (κ3) is 3.04. The third-order valence-corrected chi connectivity index (χ3v) is 1.71. The summed E-state index contributed by atoms with van der Waals surface area (Å²) in [5.41, 5.74) is 0. The summed E-state index contributed by atoms with van der Waals surface area (Å²) in [4.78, 5) is 9.93. The molecule has 0 amide bonds. The smallest absolute Gasteiger partial charge is 0.151 e. The second-order valence-electron chi connectivity index (χ2n) is 2.33. The minimum atomic E-state index is -1.71. The standard InChI is InChI=1S/C6H11ClO5/c7-1-3(9)5(11)6(12)4(10)2-8/h2-6,9-12H,1H2. The average molecular weight is 199 g/mol. The van der Waals surface area contributed by atoms with E-state index in [1.54, 1.807) is 0 Å². The molecule has 0 aromatic rings. The molecule has 12 heavy (non-hydrogen) atoms. The lowest BCUT2D eigenvalue weighted by molar-refractivity contribution is -0.132. The van der Waals surface area contributed by atoms with Crippen LogP contribution in [0.25, 0.3) is 0 Å². The molecule has 4 N–H and O–H groups in total. The van der Waals surface area contributed by atoms with Gasteiger partial charge in [-0.1, -0.05) is 0 Å². The van der Waals surface area contributed by atoms with Gasteiger partial charge in [-0.15, -0.1) is 11.6 Å². The SMILES string of the molecule is O=CC(O)C(O)C(O)C(O)CCl. The lowest BCUT2D eigenvalue weighted by atomic mass is 10.1. The summed E-state index contributed by atoms with van der Waals surface area (Å²) in [7, 11) is 0. The van der Waals surface area contributed by atoms with Crippen molar-refractivity contribution in [1.29, 1.82) is 0 Å². The first kappa shape index (κ1) is 11.8. The highest BCUT2D eigenvalue weighted by molar-refractivity contribution is 6.18. The van der Waals surface area contributed by atoms with Crippen LogP contribution in [0.1, 0.15) is 0 Å². The number of alkyl halides is 1. The monoisotopic (exact) mass is 198 g/mol. The molecule has 0 saturated heterocycles. The van der Waals surface area contributed by atoms with Gasteiger partial charge in [-0.2, -0.15) is 0 Å². The minimum absolute atomic E-state index is 0.0643. The van der Waals surface area contributed by atoms with Gasteiger partial charge in [0.1, 0.15) is 18.3 Å². The highest BCUT2D eigenvalue weighted by Crippen LogP contribution is 2.04. The van der Waals surface area contributed by atoms with E-state index in [0.29, 0.717) is 0 Å². The van der Waals surface area contributed by atoms with Crippen LogP contribution in [0.5, 0.6) is 0 Å². The van der Waals surface area contributed by atoms with Gasteiger partial charge in [0.05, 0.1) is 12.0 Å². The summed E-state index contributed by atoms with van der Waals surface area (Å²) < 4.78 is 0. The maximum absolute atomic E-state index is 9.93. The molecule has 0 aliphatic heterocycles. The normalized spacial score (nSPS) is 21.1. The molecular formula is C6H11ClO5. The summed E-state index contributed by atoms with van der Waals surface area (Å²) >= 11 is 5.15. The van der Waals surface area contributed by atoms with Crippen LogP contribution in [-0.4, -0.2) is 57.0 Å². The highest BCUT2D eigenvalue weighted by atomic mass is 35.5. The van der Waals surface area contributed by atoms with Gasteiger partial charge >= 0.3 is 0 Å². The molecule has 0 aliphatic rings. The number of halogens is 1. The Labute approximate surface area is 74.2 Å². The predicted molar refractivity (Wildman–Crippen MR) is 40.8 cm³/mol. The molecule has 0 aliphatic carbocycles. The van der Waals surface area contributed by atoms with Gasteiger partial charge in [0.2, 0.25) is 0 Å². The Balaban J connectivity index is 4.07. The van der Waals surface area contributed by atoms with E-state index in [1.165, 1.54) is 0 Å². The van der Waals surface area contributed by atoms with Crippen molar-refractivity contribution >= 4 is 17.9 Å². The highest BCUT2D eigenvalue weighted by Gasteiger charge is 2.29. The van der Waals surface area contributed by atoms with Crippen molar-refractivity contribution in [1.82, 2.24) is 0 Å². The zero-order chi connectivity index (χ0) is 9.72. The summed E-state index contributed by atoms with van der Waals surface area (Å²) in [6, 6.07) is 0. The Bertz CT molecular complexity index is 142. The van der Waals surface area contributed by atoms with E-state index in [9.17, 15) is 4.79 Å². The Morgan fingerprint density at radius 1 is 1.17 bits per heavy atom. The Hall–Kier alpha value is -0.200. The van der Waals surface area contributed by atoms with E-state index in [1.807, 2.05) is 0 Å². The van der Waals surface area contributed by atoms with Crippen LogP contribution in [0.15, 0.2) is 0 Å². The predicted octanol–water partition coefficient (Wildman–Crippen LogP) is -2.13. The summed E-state index contributed by atoms with van der Waals surface area (Å²) in [6.07, 6.45) is -6.34. The van der Waals surface area contributed by atoms with Crippen molar-refractivity contribution in [2.45, 2.75) is 24.4 Å². The summed E-state index contributed by atoms with van der Waals surface area (Å²) in [5.74, 6) is -0.288. The quantitative estimate of drug-likeness (QED) is 0.299. The second kappa shape index (κ2) is 5.45. The molecular weight excluding hydrogens is 188 g/mol. The number of hydrogen-bond donors (Lipinski definition) is 4. The first-order valence-electron chi connectivity index (χ1n) is 3.28. The lowest BCUT2D eigenvalue weighted by Crippen LogP contribution is -2.45. The largest absolute Gasteiger partial charge is 0.389 e. The fourth-order valence-electron chi connectivity index (χ4n) is 0.601. The number of rotatable bonds is 5. The van der Waals surface area contributed by atoms with Gasteiger partial charge in [-0.25, -0.2) is 0 Å². The first-order chi connectivity index (χ1) is 5.54. The number of carbonyl (C=O) groups excluding carboxylic acids is 1. The molecule has 0 heterocycles. The van der Waals surface area contributed by atoms with E-state index < -0.39 is 24.4 Å². The molecule has 0 radical (unpaired) electrons. The van der Waals surface area contributed by atoms with Crippen molar-refractivity contribution < 1.29 is 25.2 Å². The number of aliphatic hydroxyl groups is 4. The summed E-state index contributed by atoms with van der Waals surface area (Å²) in [6.45, 7) is 0. The van der Waals surface area contributed by atoms with Gasteiger partial charge in [-0.05, 0) is 0 Å². The lowest BCUT2D eigenvalue weighted by Gasteiger charge is -2.22. The molecule has 4 unspecified atom stereocenters. The van der Waals surface area contributed by atoms with Crippen molar-refractivity contribution in [2.75, 3.05) is 5.88 Å². The number of carbonyl (C=O) groups is 1. The number of hydrogen-bond acceptors (Lipinski definition) is 5. The molecule has 0 fully saturated rings. The molecule has 0 aromatic carbocycles. The van der Waals surface area contributed by atoms with Crippen LogP contribution in [0.2, 0.25) is 0 Å². The molecule has 5 nitrogen and oxygen atoms in total. The van der Waals surface area contributed by atoms with E-state index in [2.05, 4.69) is 0 Å². The van der Waals surface area contributed by atoms with Gasteiger partial charge in [0.15, 0.2) is 6.29 Å². The van der Waals surface area contributed by atoms with E-state index in [4.69, 9.17) is 32.0 Å². The molecule has 6 heteroatoms. The molecule has 0 rings (SSSR count). The van der Waals surface area contributed by atoms with Gasteiger partial charge < -0.3 is 25.2 Å². The number of aldehydes is 1. The van der Waals surface area contributed by atoms with Crippen LogP contribution >= 0.6 is 11.6 Å². The molecule has 4 atom stereocenters. The fraction of sp³-hybridized carbons (Fsp3) is 0.833. The van der Waals surface area contributed by atoms with Crippen molar-refractivity contribution in [3.63, 3.8) is 0 Å². The Morgan fingerprint density at radius 3 is 2.00 bits per heavy atom. The van der Waals surface area contributed by atoms with Gasteiger partial charge in [0, 0.05) is 0 Å². The molecule has 72 valence electrons. The van der Waals surface area contributed by atoms with Gasteiger partial charge in [-0.3, -0.25) is 0 Å². The second-order valence-corrected chi connectivity index (χ2v) is 2.64. The van der Waals surface area contributed by atoms with Crippen LogP contribution in [0, 0.1) is 0 Å². The molecule has 0 aromatic heterocycles. The topological polar surface area (TPSA) is 98.0 Å². The summed E-state index contributed by atoms with van der Waals surface area (Å²) in [5, 5.41) is 35.5. The van der Waals surface area contributed by atoms with E-state index >= 15 is 0 Å². The van der Waals surface area contributed by atoms with Crippen molar-refractivity contribution in [3.05, 3.63) is 0 Å². The van der Waals surface area contributed by atoms with Crippen LogP contribution in [0.3, 0.4) is 0 Å². The van der Waals surface area contributed by atoms with Crippen LogP contribution in [0.4, 0.5) is 0 Å². The van der Waals surface area contributed by atoms with E-state index in [0.717, 1.165) is 0 Å². The Kier molecular flexibility index (Phi) is 5.36. The maximum atomic E-state index is 9.93. The Morgan fingerprint density at radius 2 is 1.67 bits per heavy atom. The number of aliphatic hydroxyl groups excluding tert-OH is 4. The van der Waals surface area contributed by atoms with Gasteiger partial charge in [0.25, 0.3) is 0 Å². The maximum Gasteiger partial charge on any atom is 0.151 e. The van der Waals surface area contributed by atoms with E-state index in [-0.39, 0.29) is 12.2 Å². The zero-order valence-electron chi connectivity index (χ0n) is 6.17. The first-order valence-corrected chi connectivity index (χ1v) is 3.81. The van der Waals surface area contributed by atoms with Crippen molar-refractivity contribution in [3.8, 4) is 0 Å². The van der Waals surface area contributed by atoms with Crippen molar-refractivity contribution in [2.24, 2.45) is 0 Å². The zero-order valence-corrected chi connectivity index (χ0v) is 6.92.